The van der Waals surface area contributed by atoms with Crippen LogP contribution in [0.15, 0.2) is 12.3 Å². The highest BCUT2D eigenvalue weighted by atomic mass is 15.3. The highest BCUT2D eigenvalue weighted by Crippen LogP contribution is 2.05. The van der Waals surface area contributed by atoms with E-state index in [1.54, 1.807) is 0 Å². The first-order valence-corrected chi connectivity index (χ1v) is 3.71. The maximum Gasteiger partial charge on any atom is 0.0667 e. The van der Waals surface area contributed by atoms with Gasteiger partial charge in [-0.1, -0.05) is 6.58 Å². The molecule has 0 bridgehead atoms. The molecule has 0 unspecified atom stereocenters. The second-order valence-corrected chi connectivity index (χ2v) is 3.27. The minimum Gasteiger partial charge on any atom is -0.402 e. The maximum absolute atomic E-state index is 5.52. The van der Waals surface area contributed by atoms with E-state index in [1.165, 1.54) is 0 Å². The zero-order valence-electron chi connectivity index (χ0n) is 7.96. The molecule has 0 radical (unpaired) electrons. The summed E-state index contributed by atoms with van der Waals surface area (Å²) in [6, 6.07) is 0. The fraction of sp³-hybridized carbons (Fsp3) is 0.750. The molecule has 0 aliphatic rings. The van der Waals surface area contributed by atoms with Crippen LogP contribution in [0.25, 0.3) is 0 Å². The summed E-state index contributed by atoms with van der Waals surface area (Å²) in [6.45, 7) is 3.68. The zero-order valence-corrected chi connectivity index (χ0v) is 7.96. The average Bonchev–Trinajstić information content (AvgIpc) is 1.81. The van der Waals surface area contributed by atoms with Crippen molar-refractivity contribution in [1.82, 2.24) is 9.80 Å². The highest BCUT2D eigenvalue weighted by Gasteiger charge is 2.13. The Hall–Kier alpha value is -0.540. The highest BCUT2D eigenvalue weighted by molar-refractivity contribution is 4.90. The Morgan fingerprint density at radius 3 is 1.73 bits per heavy atom. The summed E-state index contributed by atoms with van der Waals surface area (Å²) in [5.74, 6) is 0. The van der Waals surface area contributed by atoms with Crippen molar-refractivity contribution in [1.29, 1.82) is 0 Å². The van der Waals surface area contributed by atoms with Crippen LogP contribution in [-0.4, -0.2) is 44.2 Å². The molecule has 0 aromatic carbocycles. The van der Waals surface area contributed by atoms with Crippen molar-refractivity contribution in [3.63, 3.8) is 0 Å². The minimum absolute atomic E-state index is 0.354. The molecule has 0 amide bonds. The molecule has 66 valence electrons. The van der Waals surface area contributed by atoms with Gasteiger partial charge in [-0.2, -0.15) is 0 Å². The first kappa shape index (κ1) is 10.5. The summed E-state index contributed by atoms with van der Waals surface area (Å²) in [7, 11) is 8.14. The average molecular weight is 157 g/mol. The number of hydrogen-bond acceptors (Lipinski definition) is 3. The fourth-order valence-electron chi connectivity index (χ4n) is 1.06. The largest absolute Gasteiger partial charge is 0.402 e. The fourth-order valence-corrected chi connectivity index (χ4v) is 1.06. The van der Waals surface area contributed by atoms with Crippen LogP contribution in [0.4, 0.5) is 0 Å². The van der Waals surface area contributed by atoms with Crippen LogP contribution in [-0.2, 0) is 0 Å². The van der Waals surface area contributed by atoms with Gasteiger partial charge in [0, 0.05) is 12.1 Å². The monoisotopic (exact) mass is 157 g/mol. The Kier molecular flexibility index (Phi) is 4.15. The Morgan fingerprint density at radius 1 is 1.27 bits per heavy atom. The Labute approximate surface area is 69.5 Å². The van der Waals surface area contributed by atoms with Gasteiger partial charge in [0.15, 0.2) is 0 Å². The van der Waals surface area contributed by atoms with Crippen LogP contribution < -0.4 is 5.73 Å². The lowest BCUT2D eigenvalue weighted by atomic mass is 10.2. The SMILES string of the molecule is C=C(N)CC(N(C)C)N(C)C. The van der Waals surface area contributed by atoms with Crippen molar-refractivity contribution in [3.05, 3.63) is 12.3 Å². The van der Waals surface area contributed by atoms with Gasteiger partial charge in [0.2, 0.25) is 0 Å². The van der Waals surface area contributed by atoms with Crippen molar-refractivity contribution >= 4 is 0 Å². The molecule has 0 aliphatic heterocycles. The van der Waals surface area contributed by atoms with E-state index in [1.807, 2.05) is 28.2 Å². The second kappa shape index (κ2) is 4.36. The molecule has 0 saturated carbocycles. The van der Waals surface area contributed by atoms with E-state index in [4.69, 9.17) is 5.73 Å². The van der Waals surface area contributed by atoms with Crippen LogP contribution in [0.1, 0.15) is 6.42 Å². The third-order valence-corrected chi connectivity index (χ3v) is 1.64. The van der Waals surface area contributed by atoms with E-state index in [9.17, 15) is 0 Å². The normalized spacial score (nSPS) is 11.5. The first-order valence-electron chi connectivity index (χ1n) is 3.71. The number of nitrogens with two attached hydrogens (primary N) is 1. The molecule has 0 aliphatic carbocycles. The first-order chi connectivity index (χ1) is 4.95. The van der Waals surface area contributed by atoms with Gasteiger partial charge in [-0.25, -0.2) is 0 Å². The van der Waals surface area contributed by atoms with Crippen LogP contribution in [0.5, 0.6) is 0 Å². The Morgan fingerprint density at radius 2 is 1.64 bits per heavy atom. The van der Waals surface area contributed by atoms with Gasteiger partial charge in [-0.3, -0.25) is 9.80 Å². The van der Waals surface area contributed by atoms with Crippen molar-refractivity contribution in [3.8, 4) is 0 Å². The van der Waals surface area contributed by atoms with Gasteiger partial charge >= 0.3 is 0 Å². The third kappa shape index (κ3) is 4.01. The van der Waals surface area contributed by atoms with Crippen LogP contribution in [0.3, 0.4) is 0 Å². The van der Waals surface area contributed by atoms with Crippen molar-refractivity contribution in [2.45, 2.75) is 12.6 Å². The summed E-state index contributed by atoms with van der Waals surface area (Å²) in [5, 5.41) is 0. The van der Waals surface area contributed by atoms with E-state index in [-0.39, 0.29) is 0 Å². The topological polar surface area (TPSA) is 32.5 Å². The predicted molar refractivity (Wildman–Crippen MR) is 49.1 cm³/mol. The van der Waals surface area contributed by atoms with Gasteiger partial charge in [0.1, 0.15) is 0 Å². The van der Waals surface area contributed by atoms with E-state index < -0.39 is 0 Å². The lowest BCUT2D eigenvalue weighted by Crippen LogP contribution is -2.41. The smallest absolute Gasteiger partial charge is 0.0667 e. The quantitative estimate of drug-likeness (QED) is 0.596. The summed E-state index contributed by atoms with van der Waals surface area (Å²) in [4.78, 5) is 4.25. The minimum atomic E-state index is 0.354. The summed E-state index contributed by atoms with van der Waals surface area (Å²) < 4.78 is 0. The van der Waals surface area contributed by atoms with Gasteiger partial charge in [-0.05, 0) is 28.2 Å². The summed E-state index contributed by atoms with van der Waals surface area (Å²) in [6.07, 6.45) is 1.17. The number of hydrogen-bond donors (Lipinski definition) is 1. The zero-order chi connectivity index (χ0) is 9.02. The molecule has 11 heavy (non-hydrogen) atoms. The van der Waals surface area contributed by atoms with Gasteiger partial charge < -0.3 is 5.73 Å². The molecule has 3 heteroatoms. The standard InChI is InChI=1S/C8H19N3/c1-7(9)6-8(10(2)3)11(4)5/h8H,1,6,9H2,2-5H3. The molecule has 0 heterocycles. The molecule has 0 spiro atoms. The van der Waals surface area contributed by atoms with E-state index in [0.29, 0.717) is 6.17 Å². The van der Waals surface area contributed by atoms with Crippen molar-refractivity contribution < 1.29 is 0 Å². The van der Waals surface area contributed by atoms with Crippen molar-refractivity contribution in [2.75, 3.05) is 28.2 Å². The molecule has 0 atom stereocenters. The number of rotatable bonds is 4. The molecule has 0 saturated heterocycles. The molecule has 0 aromatic heterocycles. The van der Waals surface area contributed by atoms with Crippen molar-refractivity contribution in [2.24, 2.45) is 5.73 Å². The lowest BCUT2D eigenvalue weighted by molar-refractivity contribution is 0.129. The van der Waals surface area contributed by atoms with Gasteiger partial charge in [0.25, 0.3) is 0 Å². The Balaban J connectivity index is 4.00. The number of nitrogens with zero attached hydrogens (tertiary/aromatic N) is 2. The van der Waals surface area contributed by atoms with Crippen LogP contribution in [0, 0.1) is 0 Å². The van der Waals surface area contributed by atoms with Crippen LogP contribution >= 0.6 is 0 Å². The molecule has 0 rings (SSSR count). The molecule has 2 N–H and O–H groups in total. The van der Waals surface area contributed by atoms with Gasteiger partial charge in [-0.15, -0.1) is 0 Å². The third-order valence-electron chi connectivity index (χ3n) is 1.64. The lowest BCUT2D eigenvalue weighted by Gasteiger charge is -2.30. The van der Waals surface area contributed by atoms with Crippen LogP contribution in [0.2, 0.25) is 0 Å². The Bertz CT molecular complexity index is 121. The van der Waals surface area contributed by atoms with Gasteiger partial charge in [0.05, 0.1) is 6.17 Å². The molecular formula is C8H19N3. The molecule has 0 fully saturated rings. The summed E-state index contributed by atoms with van der Waals surface area (Å²) in [5.41, 5.74) is 6.25. The van der Waals surface area contributed by atoms with E-state index >= 15 is 0 Å². The maximum atomic E-state index is 5.52. The second-order valence-electron chi connectivity index (χ2n) is 3.27. The predicted octanol–water partition coefficient (Wildman–Crippen LogP) is 0.298. The van der Waals surface area contributed by atoms with E-state index in [2.05, 4.69) is 16.4 Å². The molecule has 0 aromatic rings. The molecule has 3 nitrogen and oxygen atoms in total. The summed E-state index contributed by atoms with van der Waals surface area (Å²) >= 11 is 0. The van der Waals surface area contributed by atoms with E-state index in [0.717, 1.165) is 12.1 Å². The molecular weight excluding hydrogens is 138 g/mol.